The third-order valence-electron chi connectivity index (χ3n) is 5.26. The molecule has 3 rings (SSSR count). The Morgan fingerprint density at radius 1 is 1.50 bits per heavy atom. The summed E-state index contributed by atoms with van der Waals surface area (Å²) < 4.78 is 17.3. The fraction of sp³-hybridized carbons (Fsp3) is 0.600. The summed E-state index contributed by atoms with van der Waals surface area (Å²) in [6.45, 7) is 5.91. The molecule has 1 aromatic carbocycles. The van der Waals surface area contributed by atoms with Gasteiger partial charge in [-0.25, -0.2) is 4.79 Å². The van der Waals surface area contributed by atoms with Crippen LogP contribution in [0.1, 0.15) is 42.6 Å². The summed E-state index contributed by atoms with van der Waals surface area (Å²) in [6.07, 6.45) is 1.03. The Hall–Kier alpha value is -2.01. The summed E-state index contributed by atoms with van der Waals surface area (Å²) in [5.41, 5.74) is 7.12. The molecule has 28 heavy (non-hydrogen) atoms. The molecule has 0 aromatic heterocycles. The fourth-order valence-corrected chi connectivity index (χ4v) is 4.04. The number of nitrogens with zero attached hydrogens (tertiary/aromatic N) is 2. The highest BCUT2D eigenvalue weighted by atomic mass is 35.5. The number of methoxy groups -OCH3 is 1. The first-order valence-corrected chi connectivity index (χ1v) is 9.76. The van der Waals surface area contributed by atoms with E-state index in [4.69, 9.17) is 36.8 Å². The average molecular weight is 408 g/mol. The van der Waals surface area contributed by atoms with E-state index in [1.165, 1.54) is 6.07 Å². The number of likely N-dealkylation sites (tertiary alicyclic amines) is 1. The molecule has 0 aliphatic carbocycles. The molecule has 2 heterocycles. The van der Waals surface area contributed by atoms with Gasteiger partial charge < -0.3 is 19.9 Å². The van der Waals surface area contributed by atoms with Gasteiger partial charge in [-0.05, 0) is 26.3 Å². The number of carbonyl (C=O) groups is 1. The number of hydrogen-bond acceptors (Lipinski definition) is 7. The minimum atomic E-state index is -0.492. The number of fused-ring (bicyclic) bond motifs is 1. The molecule has 1 saturated heterocycles. The highest BCUT2D eigenvalue weighted by molar-refractivity contribution is 6.33. The summed E-state index contributed by atoms with van der Waals surface area (Å²) in [4.78, 5) is 15.1. The number of nitriles is 1. The van der Waals surface area contributed by atoms with Crippen LogP contribution in [0.3, 0.4) is 0 Å². The number of piperidine rings is 1. The molecule has 0 radical (unpaired) electrons. The van der Waals surface area contributed by atoms with Crippen molar-refractivity contribution in [2.75, 3.05) is 32.5 Å². The molecule has 152 valence electrons. The molecule has 2 aliphatic rings. The fourth-order valence-electron chi connectivity index (χ4n) is 3.81. The Morgan fingerprint density at radius 2 is 2.25 bits per heavy atom. The Morgan fingerprint density at radius 3 is 2.93 bits per heavy atom. The predicted octanol–water partition coefficient (Wildman–Crippen LogP) is 2.80. The van der Waals surface area contributed by atoms with Gasteiger partial charge in [0.15, 0.2) is 0 Å². The Labute approximate surface area is 170 Å². The molecule has 0 unspecified atom stereocenters. The molecule has 0 amide bonds. The molecule has 1 fully saturated rings. The van der Waals surface area contributed by atoms with E-state index in [0.29, 0.717) is 54.4 Å². The highest BCUT2D eigenvalue weighted by Crippen LogP contribution is 2.44. The zero-order valence-electron chi connectivity index (χ0n) is 16.5. The number of nitrogen functional groups attached to an aromatic ring is 1. The van der Waals surface area contributed by atoms with Crippen LogP contribution in [0.25, 0.3) is 0 Å². The first kappa shape index (κ1) is 20.7. The van der Waals surface area contributed by atoms with Crippen molar-refractivity contribution in [1.82, 2.24) is 4.90 Å². The Bertz CT molecular complexity index is 806. The third kappa shape index (κ3) is 4.19. The lowest BCUT2D eigenvalue weighted by atomic mass is 9.98. The number of anilines is 1. The van der Waals surface area contributed by atoms with E-state index in [0.717, 1.165) is 12.1 Å². The van der Waals surface area contributed by atoms with E-state index in [2.05, 4.69) is 11.0 Å². The SMILES string of the molecule is CO[C@H]1CN(CCC#N)CC[C@H]1OC(=O)c1cc(Cl)c(N)c2c1OC(C)(C)C2. The molecule has 0 spiro atoms. The van der Waals surface area contributed by atoms with Crippen molar-refractivity contribution >= 4 is 23.3 Å². The van der Waals surface area contributed by atoms with Gasteiger partial charge in [-0.2, -0.15) is 5.26 Å². The maximum Gasteiger partial charge on any atom is 0.342 e. The number of esters is 1. The summed E-state index contributed by atoms with van der Waals surface area (Å²) in [5, 5.41) is 9.08. The van der Waals surface area contributed by atoms with Crippen molar-refractivity contribution in [1.29, 1.82) is 5.26 Å². The van der Waals surface area contributed by atoms with E-state index in [1.54, 1.807) is 7.11 Å². The second-order valence-electron chi connectivity index (χ2n) is 7.88. The zero-order valence-corrected chi connectivity index (χ0v) is 17.2. The lowest BCUT2D eigenvalue weighted by Crippen LogP contribution is -2.49. The standard InChI is InChI=1S/C20H26ClN3O4/c1-20(2)10-13-17(23)14(21)9-12(18(13)28-20)19(25)27-15-5-8-24(7-4-6-22)11-16(15)26-3/h9,15-16H,4-5,7-8,10-11,23H2,1-3H3/t15-,16+/m1/s1. The Balaban J connectivity index is 1.77. The van der Waals surface area contributed by atoms with Crippen LogP contribution in [0.2, 0.25) is 5.02 Å². The summed E-state index contributed by atoms with van der Waals surface area (Å²) in [6, 6.07) is 3.67. The van der Waals surface area contributed by atoms with Crippen LogP contribution >= 0.6 is 11.6 Å². The second kappa shape index (κ2) is 8.16. The minimum Gasteiger partial charge on any atom is -0.486 e. The largest absolute Gasteiger partial charge is 0.486 e. The molecular weight excluding hydrogens is 382 g/mol. The quantitative estimate of drug-likeness (QED) is 0.591. The van der Waals surface area contributed by atoms with Crippen LogP contribution in [0.15, 0.2) is 6.07 Å². The van der Waals surface area contributed by atoms with Crippen LogP contribution in [0.4, 0.5) is 5.69 Å². The van der Waals surface area contributed by atoms with Crippen LogP contribution < -0.4 is 10.5 Å². The Kier molecular flexibility index (Phi) is 6.04. The van der Waals surface area contributed by atoms with Gasteiger partial charge in [-0.15, -0.1) is 0 Å². The van der Waals surface area contributed by atoms with E-state index in [9.17, 15) is 4.79 Å². The van der Waals surface area contributed by atoms with Crippen LogP contribution in [0.5, 0.6) is 5.75 Å². The number of nitrogens with two attached hydrogens (primary N) is 1. The lowest BCUT2D eigenvalue weighted by Gasteiger charge is -2.36. The second-order valence-corrected chi connectivity index (χ2v) is 8.29. The average Bonchev–Trinajstić information content (AvgIpc) is 2.99. The van der Waals surface area contributed by atoms with Gasteiger partial charge in [0.1, 0.15) is 29.1 Å². The predicted molar refractivity (Wildman–Crippen MR) is 106 cm³/mol. The normalized spacial score (nSPS) is 23.5. The zero-order chi connectivity index (χ0) is 20.5. The topological polar surface area (TPSA) is 97.8 Å². The van der Waals surface area contributed by atoms with E-state index in [1.807, 2.05) is 13.8 Å². The van der Waals surface area contributed by atoms with Gasteiger partial charge in [0.2, 0.25) is 0 Å². The molecule has 1 aromatic rings. The van der Waals surface area contributed by atoms with Crippen molar-refractivity contribution in [2.45, 2.75) is 50.9 Å². The van der Waals surface area contributed by atoms with Crippen LogP contribution in [0, 0.1) is 11.3 Å². The maximum absolute atomic E-state index is 12.9. The molecule has 8 heteroatoms. The maximum atomic E-state index is 12.9. The van der Waals surface area contributed by atoms with Gasteiger partial charge in [0, 0.05) is 45.1 Å². The molecule has 7 nitrogen and oxygen atoms in total. The van der Waals surface area contributed by atoms with Gasteiger partial charge in [-0.3, -0.25) is 4.90 Å². The van der Waals surface area contributed by atoms with Gasteiger partial charge in [0.25, 0.3) is 0 Å². The van der Waals surface area contributed by atoms with Crippen molar-refractivity contribution < 1.29 is 19.0 Å². The van der Waals surface area contributed by atoms with Gasteiger partial charge in [0.05, 0.1) is 16.8 Å². The van der Waals surface area contributed by atoms with Gasteiger partial charge >= 0.3 is 5.97 Å². The number of rotatable bonds is 5. The monoisotopic (exact) mass is 407 g/mol. The van der Waals surface area contributed by atoms with Crippen molar-refractivity contribution in [3.63, 3.8) is 0 Å². The number of carbonyl (C=O) groups excluding carboxylic acids is 1. The molecular formula is C20H26ClN3O4. The highest BCUT2D eigenvalue weighted by Gasteiger charge is 2.38. The van der Waals surface area contributed by atoms with Crippen LogP contribution in [-0.4, -0.2) is 55.4 Å². The number of ether oxygens (including phenoxy) is 3. The van der Waals surface area contributed by atoms with E-state index in [-0.39, 0.29) is 12.2 Å². The van der Waals surface area contributed by atoms with Crippen molar-refractivity contribution in [3.05, 3.63) is 22.2 Å². The van der Waals surface area contributed by atoms with Crippen LogP contribution in [-0.2, 0) is 15.9 Å². The van der Waals surface area contributed by atoms with Crippen molar-refractivity contribution in [2.24, 2.45) is 0 Å². The lowest BCUT2D eigenvalue weighted by molar-refractivity contribution is -0.0726. The van der Waals surface area contributed by atoms with Crippen molar-refractivity contribution in [3.8, 4) is 11.8 Å². The summed E-state index contributed by atoms with van der Waals surface area (Å²) in [7, 11) is 1.60. The third-order valence-corrected chi connectivity index (χ3v) is 5.57. The summed E-state index contributed by atoms with van der Waals surface area (Å²) >= 11 is 6.25. The van der Waals surface area contributed by atoms with E-state index >= 15 is 0 Å². The first-order chi connectivity index (χ1) is 13.3. The molecule has 0 saturated carbocycles. The number of hydrogen-bond donors (Lipinski definition) is 1. The first-order valence-electron chi connectivity index (χ1n) is 9.38. The number of benzene rings is 1. The van der Waals surface area contributed by atoms with Gasteiger partial charge in [-0.1, -0.05) is 11.6 Å². The van der Waals surface area contributed by atoms with E-state index < -0.39 is 11.6 Å². The smallest absolute Gasteiger partial charge is 0.342 e. The summed E-state index contributed by atoms with van der Waals surface area (Å²) in [5.74, 6) is -0.0364. The molecule has 2 aliphatic heterocycles. The number of halogens is 1. The molecule has 0 bridgehead atoms. The molecule has 2 N–H and O–H groups in total. The minimum absolute atomic E-state index is 0.258. The molecule has 2 atom stereocenters.